The first-order valence-electron chi connectivity index (χ1n) is 12.6. The second-order valence-electron chi connectivity index (χ2n) is 11.1. The summed E-state index contributed by atoms with van der Waals surface area (Å²) in [6, 6.07) is 3.76. The standard InChI is InChI=1S/C27H37N3O3/c1-26-11-7-20(30-33-17-25(32)29-16-18-9-13-28-14-10-18)15-19(26)3-4-21-22-5-6-24(31)27(22,2)12-8-23(21)26/h9-10,13-15,21-24,31H,3-8,11-12,16-17H2,1-2H3,(H,29,32)/b30-20+/t21-,22+,23-,24-,26+,27+/m1/s1. The summed E-state index contributed by atoms with van der Waals surface area (Å²) < 4.78 is 0. The minimum absolute atomic E-state index is 0.0671. The Balaban J connectivity index is 1.19. The highest BCUT2D eigenvalue weighted by atomic mass is 16.6. The molecule has 6 nitrogen and oxygen atoms in total. The monoisotopic (exact) mass is 451 g/mol. The number of nitrogens with one attached hydrogen (secondary N) is 1. The molecule has 0 radical (unpaired) electrons. The molecule has 2 N–H and O–H groups in total. The van der Waals surface area contributed by atoms with Crippen LogP contribution in [0.15, 0.2) is 41.3 Å². The summed E-state index contributed by atoms with van der Waals surface area (Å²) in [7, 11) is 0. The number of aliphatic hydroxyl groups excluding tert-OH is 1. The van der Waals surface area contributed by atoms with Crippen LogP contribution < -0.4 is 5.32 Å². The molecule has 5 rings (SSSR count). The molecule has 1 aromatic heterocycles. The minimum Gasteiger partial charge on any atom is -0.393 e. The third kappa shape index (κ3) is 4.11. The van der Waals surface area contributed by atoms with Gasteiger partial charge in [-0.1, -0.05) is 24.6 Å². The predicted molar refractivity (Wildman–Crippen MR) is 127 cm³/mol. The number of amides is 1. The van der Waals surface area contributed by atoms with E-state index in [2.05, 4.69) is 35.4 Å². The molecule has 0 aromatic carbocycles. The van der Waals surface area contributed by atoms with Gasteiger partial charge in [-0.15, -0.1) is 0 Å². The molecule has 1 heterocycles. The molecule has 4 aliphatic rings. The first-order valence-corrected chi connectivity index (χ1v) is 12.6. The zero-order valence-corrected chi connectivity index (χ0v) is 19.9. The maximum Gasteiger partial charge on any atom is 0.261 e. The van der Waals surface area contributed by atoms with Gasteiger partial charge in [-0.2, -0.15) is 0 Å². The number of carbonyl (C=O) groups is 1. The molecule has 6 heteroatoms. The summed E-state index contributed by atoms with van der Waals surface area (Å²) in [4.78, 5) is 21.5. The second kappa shape index (κ2) is 8.86. The summed E-state index contributed by atoms with van der Waals surface area (Å²) >= 11 is 0. The van der Waals surface area contributed by atoms with Crippen molar-refractivity contribution in [2.75, 3.05) is 6.61 Å². The fraction of sp³-hybridized carbons (Fsp3) is 0.667. The SMILES string of the molecule is C[C@]12CC[C@@H]3[C@H](CCC4=C/C(=N/OCC(=O)NCc5ccncc5)CC[C@@]43C)[C@@H]1CC[C@H]2O. The van der Waals surface area contributed by atoms with Crippen molar-refractivity contribution < 1.29 is 14.7 Å². The normalized spacial score (nSPS) is 38.6. The summed E-state index contributed by atoms with van der Waals surface area (Å²) in [5.41, 5.74) is 3.85. The smallest absolute Gasteiger partial charge is 0.261 e. The first-order chi connectivity index (χ1) is 15.9. The third-order valence-electron chi connectivity index (χ3n) is 9.54. The molecule has 0 unspecified atom stereocenters. The Bertz CT molecular complexity index is 945. The van der Waals surface area contributed by atoms with Crippen LogP contribution in [0.25, 0.3) is 0 Å². The number of oxime groups is 1. The molecule has 0 saturated heterocycles. The van der Waals surface area contributed by atoms with E-state index in [1.54, 1.807) is 12.4 Å². The molecular formula is C27H37N3O3. The summed E-state index contributed by atoms with van der Waals surface area (Å²) in [6.07, 6.45) is 14.5. The average Bonchev–Trinajstić information content (AvgIpc) is 3.13. The molecule has 0 bridgehead atoms. The second-order valence-corrected chi connectivity index (χ2v) is 11.1. The molecule has 6 atom stereocenters. The van der Waals surface area contributed by atoms with Crippen LogP contribution in [0.4, 0.5) is 0 Å². The lowest BCUT2D eigenvalue weighted by atomic mass is 9.47. The van der Waals surface area contributed by atoms with Crippen molar-refractivity contribution in [3.8, 4) is 0 Å². The molecule has 0 spiro atoms. The van der Waals surface area contributed by atoms with Gasteiger partial charge in [0.2, 0.25) is 0 Å². The van der Waals surface area contributed by atoms with Gasteiger partial charge in [-0.05, 0) is 104 Å². The lowest BCUT2D eigenvalue weighted by Crippen LogP contribution is -2.51. The highest BCUT2D eigenvalue weighted by Crippen LogP contribution is 2.65. The Kier molecular flexibility index (Phi) is 6.06. The fourth-order valence-corrected chi connectivity index (χ4v) is 7.54. The van der Waals surface area contributed by atoms with E-state index in [9.17, 15) is 9.90 Å². The van der Waals surface area contributed by atoms with Gasteiger partial charge in [0.15, 0.2) is 6.61 Å². The summed E-state index contributed by atoms with van der Waals surface area (Å²) in [5, 5.41) is 17.8. The van der Waals surface area contributed by atoms with Crippen LogP contribution in [-0.4, -0.2) is 34.4 Å². The molecule has 33 heavy (non-hydrogen) atoms. The van der Waals surface area contributed by atoms with Crippen molar-refractivity contribution >= 4 is 11.6 Å². The van der Waals surface area contributed by atoms with Crippen molar-refractivity contribution in [1.82, 2.24) is 10.3 Å². The highest BCUT2D eigenvalue weighted by Gasteiger charge is 2.58. The number of hydrogen-bond acceptors (Lipinski definition) is 5. The summed E-state index contributed by atoms with van der Waals surface area (Å²) in [6.45, 7) is 5.20. The third-order valence-corrected chi connectivity index (χ3v) is 9.54. The number of aromatic nitrogens is 1. The minimum atomic E-state index is -0.172. The van der Waals surface area contributed by atoms with Crippen LogP contribution >= 0.6 is 0 Å². The van der Waals surface area contributed by atoms with E-state index in [-0.39, 0.29) is 29.4 Å². The van der Waals surface area contributed by atoms with Crippen LogP contribution in [0.5, 0.6) is 0 Å². The van der Waals surface area contributed by atoms with Gasteiger partial charge >= 0.3 is 0 Å². The Morgan fingerprint density at radius 3 is 2.79 bits per heavy atom. The maximum absolute atomic E-state index is 12.1. The molecule has 1 aromatic rings. The van der Waals surface area contributed by atoms with Gasteiger partial charge in [0.05, 0.1) is 11.8 Å². The number of rotatable bonds is 5. The number of fused-ring (bicyclic) bond motifs is 5. The molecule has 3 saturated carbocycles. The number of nitrogens with zero attached hydrogens (tertiary/aromatic N) is 2. The van der Waals surface area contributed by atoms with Crippen LogP contribution in [0, 0.1) is 28.6 Å². The Morgan fingerprint density at radius 2 is 1.97 bits per heavy atom. The van der Waals surface area contributed by atoms with Gasteiger partial charge < -0.3 is 15.3 Å². The van der Waals surface area contributed by atoms with Gasteiger partial charge in [-0.25, -0.2) is 0 Å². The first kappa shape index (κ1) is 22.6. The highest BCUT2D eigenvalue weighted by molar-refractivity contribution is 5.96. The summed E-state index contributed by atoms with van der Waals surface area (Å²) in [5.74, 6) is 1.95. The number of hydrogen-bond donors (Lipinski definition) is 2. The van der Waals surface area contributed by atoms with Crippen molar-refractivity contribution in [3.63, 3.8) is 0 Å². The molecule has 0 aliphatic heterocycles. The van der Waals surface area contributed by atoms with E-state index in [4.69, 9.17) is 4.84 Å². The topological polar surface area (TPSA) is 83.8 Å². The lowest BCUT2D eigenvalue weighted by Gasteiger charge is -2.57. The molecule has 3 fully saturated rings. The number of carbonyl (C=O) groups excluding carboxylic acids is 1. The van der Waals surface area contributed by atoms with E-state index in [0.717, 1.165) is 49.3 Å². The van der Waals surface area contributed by atoms with Crippen molar-refractivity contribution in [3.05, 3.63) is 41.7 Å². The van der Waals surface area contributed by atoms with E-state index < -0.39 is 0 Å². The van der Waals surface area contributed by atoms with Crippen LogP contribution in [0.1, 0.15) is 70.8 Å². The lowest BCUT2D eigenvalue weighted by molar-refractivity contribution is -0.125. The average molecular weight is 452 g/mol. The van der Waals surface area contributed by atoms with Gasteiger partial charge in [0.1, 0.15) is 0 Å². The zero-order chi connectivity index (χ0) is 23.1. The zero-order valence-electron chi connectivity index (χ0n) is 19.9. The Labute approximate surface area is 196 Å². The van der Waals surface area contributed by atoms with Crippen LogP contribution in [0.3, 0.4) is 0 Å². The van der Waals surface area contributed by atoms with Gasteiger partial charge in [0.25, 0.3) is 5.91 Å². The van der Waals surface area contributed by atoms with E-state index >= 15 is 0 Å². The van der Waals surface area contributed by atoms with Gasteiger partial charge in [0, 0.05) is 18.9 Å². The molecule has 1 amide bonds. The van der Waals surface area contributed by atoms with Gasteiger partial charge in [-0.3, -0.25) is 9.78 Å². The van der Waals surface area contributed by atoms with E-state index in [1.807, 2.05) is 12.1 Å². The fourth-order valence-electron chi connectivity index (χ4n) is 7.54. The van der Waals surface area contributed by atoms with Crippen molar-refractivity contribution in [2.45, 2.75) is 77.9 Å². The molecular weight excluding hydrogens is 414 g/mol. The quantitative estimate of drug-likeness (QED) is 0.650. The van der Waals surface area contributed by atoms with E-state index in [0.29, 0.717) is 18.4 Å². The van der Waals surface area contributed by atoms with Crippen LogP contribution in [0.2, 0.25) is 0 Å². The van der Waals surface area contributed by atoms with E-state index in [1.165, 1.54) is 24.8 Å². The van der Waals surface area contributed by atoms with Crippen molar-refractivity contribution in [2.24, 2.45) is 33.7 Å². The largest absolute Gasteiger partial charge is 0.393 e. The Hall–Kier alpha value is -2.21. The van der Waals surface area contributed by atoms with Crippen molar-refractivity contribution in [1.29, 1.82) is 0 Å². The maximum atomic E-state index is 12.1. The molecule has 178 valence electrons. The number of aliphatic hydroxyl groups is 1. The van der Waals surface area contributed by atoms with Crippen LogP contribution in [-0.2, 0) is 16.2 Å². The predicted octanol–water partition coefficient (Wildman–Crippen LogP) is 4.39. The number of allylic oxidation sites excluding steroid dienone is 2. The Morgan fingerprint density at radius 1 is 1.15 bits per heavy atom. The molecule has 4 aliphatic carbocycles. The number of pyridine rings is 1.